The van der Waals surface area contributed by atoms with E-state index in [4.69, 9.17) is 4.99 Å². The maximum atomic E-state index is 12.8. The Kier molecular flexibility index (Phi) is 5.04. The number of thiophene rings is 1. The first-order valence-electron chi connectivity index (χ1n) is 8.54. The van der Waals surface area contributed by atoms with Crippen molar-refractivity contribution in [2.24, 2.45) is 4.99 Å². The molecule has 0 fully saturated rings. The monoisotopic (exact) mass is 366 g/mol. The summed E-state index contributed by atoms with van der Waals surface area (Å²) < 4.78 is 12.8. The molecule has 0 spiro atoms. The van der Waals surface area contributed by atoms with Gasteiger partial charge in [-0.3, -0.25) is 10.3 Å². The lowest BCUT2D eigenvalue weighted by Gasteiger charge is -2.24. The van der Waals surface area contributed by atoms with Crippen molar-refractivity contribution < 1.29 is 4.39 Å². The normalized spacial score (nSPS) is 19.2. The van der Waals surface area contributed by atoms with Gasteiger partial charge in [-0.2, -0.15) is 0 Å². The summed E-state index contributed by atoms with van der Waals surface area (Å²) in [4.78, 5) is 10.7. The van der Waals surface area contributed by atoms with Gasteiger partial charge in [-0.15, -0.1) is 11.3 Å². The number of anilines is 1. The molecule has 2 aromatic heterocycles. The second kappa shape index (κ2) is 7.76. The summed E-state index contributed by atoms with van der Waals surface area (Å²) in [7, 11) is 0. The summed E-state index contributed by atoms with van der Waals surface area (Å²) in [6.07, 6.45) is 1.52. The summed E-state index contributed by atoms with van der Waals surface area (Å²) in [6, 6.07) is 17.9. The van der Waals surface area contributed by atoms with Gasteiger partial charge in [0.1, 0.15) is 24.7 Å². The predicted molar refractivity (Wildman–Crippen MR) is 105 cm³/mol. The van der Waals surface area contributed by atoms with Gasteiger partial charge < -0.3 is 5.32 Å². The number of benzene rings is 1. The molecule has 0 saturated heterocycles. The standard InChI is InChI=1S/C20H19FN4S/c21-10-12-23-20-18(16-9-5-13-26-16)24-17(14-6-2-1-3-7-14)15-8-4-11-22-19(15)25-20/h1-9,11,13,18,20,23H,10,12H2,(H,22,25). The van der Waals surface area contributed by atoms with Gasteiger partial charge in [0.2, 0.25) is 0 Å². The third kappa shape index (κ3) is 3.38. The molecule has 3 aromatic rings. The van der Waals surface area contributed by atoms with Crippen LogP contribution in [0.1, 0.15) is 22.0 Å². The van der Waals surface area contributed by atoms with Gasteiger partial charge >= 0.3 is 0 Å². The van der Waals surface area contributed by atoms with E-state index < -0.39 is 6.67 Å². The molecule has 0 amide bonds. The fourth-order valence-corrected chi connectivity index (χ4v) is 3.91. The van der Waals surface area contributed by atoms with Crippen molar-refractivity contribution in [1.29, 1.82) is 0 Å². The molecule has 26 heavy (non-hydrogen) atoms. The van der Waals surface area contributed by atoms with E-state index in [1.165, 1.54) is 0 Å². The second-order valence-electron chi connectivity index (χ2n) is 5.97. The highest BCUT2D eigenvalue weighted by Crippen LogP contribution is 2.32. The molecule has 2 atom stereocenters. The lowest BCUT2D eigenvalue weighted by atomic mass is 10.0. The molecule has 4 nitrogen and oxygen atoms in total. The van der Waals surface area contributed by atoms with Crippen LogP contribution in [0, 0.1) is 0 Å². The molecule has 3 heterocycles. The Labute approximate surface area is 155 Å². The maximum Gasteiger partial charge on any atom is 0.136 e. The zero-order chi connectivity index (χ0) is 17.8. The Balaban J connectivity index is 1.86. The molecular formula is C20H19FN4S. The van der Waals surface area contributed by atoms with Gasteiger partial charge in [-0.05, 0) is 23.6 Å². The summed E-state index contributed by atoms with van der Waals surface area (Å²) in [5, 5.41) is 8.71. The van der Waals surface area contributed by atoms with E-state index >= 15 is 0 Å². The molecule has 132 valence electrons. The highest BCUT2D eigenvalue weighted by atomic mass is 32.1. The van der Waals surface area contributed by atoms with Crippen LogP contribution in [-0.2, 0) is 0 Å². The zero-order valence-corrected chi connectivity index (χ0v) is 14.9. The largest absolute Gasteiger partial charge is 0.352 e. The number of nitrogens with zero attached hydrogens (tertiary/aromatic N) is 2. The number of hydrogen-bond acceptors (Lipinski definition) is 5. The Hall–Kier alpha value is -2.57. The molecule has 0 saturated carbocycles. The Morgan fingerprint density at radius 2 is 1.96 bits per heavy atom. The molecule has 0 bridgehead atoms. The lowest BCUT2D eigenvalue weighted by Crippen LogP contribution is -2.41. The van der Waals surface area contributed by atoms with Gasteiger partial charge in [0.15, 0.2) is 0 Å². The van der Waals surface area contributed by atoms with Gasteiger partial charge in [0.25, 0.3) is 0 Å². The van der Waals surface area contributed by atoms with Crippen LogP contribution in [0.3, 0.4) is 0 Å². The number of nitrogens with one attached hydrogen (secondary N) is 2. The minimum absolute atomic E-state index is 0.175. The van der Waals surface area contributed by atoms with Crippen LogP contribution < -0.4 is 10.6 Å². The molecule has 4 rings (SSSR count). The molecule has 2 unspecified atom stereocenters. The summed E-state index contributed by atoms with van der Waals surface area (Å²) in [6.45, 7) is -0.169. The maximum absolute atomic E-state index is 12.8. The topological polar surface area (TPSA) is 49.3 Å². The first kappa shape index (κ1) is 16.9. The summed E-state index contributed by atoms with van der Waals surface area (Å²) in [5.41, 5.74) is 2.88. The zero-order valence-electron chi connectivity index (χ0n) is 14.1. The van der Waals surface area contributed by atoms with Crippen molar-refractivity contribution in [3.8, 4) is 0 Å². The minimum atomic E-state index is -0.431. The number of pyridine rings is 1. The van der Waals surface area contributed by atoms with Crippen molar-refractivity contribution in [2.45, 2.75) is 12.2 Å². The van der Waals surface area contributed by atoms with E-state index in [1.807, 2.05) is 41.8 Å². The second-order valence-corrected chi connectivity index (χ2v) is 6.95. The molecule has 1 aliphatic heterocycles. The van der Waals surface area contributed by atoms with E-state index in [9.17, 15) is 4.39 Å². The third-order valence-electron chi connectivity index (χ3n) is 4.28. The van der Waals surface area contributed by atoms with E-state index in [0.717, 1.165) is 27.5 Å². The van der Waals surface area contributed by atoms with Crippen molar-refractivity contribution in [3.05, 3.63) is 82.2 Å². The smallest absolute Gasteiger partial charge is 0.136 e. The van der Waals surface area contributed by atoms with Crippen LogP contribution in [0.25, 0.3) is 0 Å². The van der Waals surface area contributed by atoms with Crippen LogP contribution in [0.5, 0.6) is 0 Å². The molecule has 2 N–H and O–H groups in total. The van der Waals surface area contributed by atoms with Crippen molar-refractivity contribution >= 4 is 22.9 Å². The molecule has 1 aliphatic rings. The van der Waals surface area contributed by atoms with Crippen molar-refractivity contribution in [1.82, 2.24) is 10.3 Å². The molecule has 0 radical (unpaired) electrons. The summed E-state index contributed by atoms with van der Waals surface area (Å²) in [5.74, 6) is 0.755. The van der Waals surface area contributed by atoms with E-state index in [1.54, 1.807) is 17.5 Å². The fraction of sp³-hybridized carbons (Fsp3) is 0.200. The fourth-order valence-electron chi connectivity index (χ4n) is 3.11. The lowest BCUT2D eigenvalue weighted by molar-refractivity contribution is 0.419. The first-order valence-corrected chi connectivity index (χ1v) is 9.42. The average molecular weight is 366 g/mol. The van der Waals surface area contributed by atoms with E-state index in [2.05, 4.69) is 33.8 Å². The quantitative estimate of drug-likeness (QED) is 0.717. The summed E-state index contributed by atoms with van der Waals surface area (Å²) >= 11 is 1.65. The van der Waals surface area contributed by atoms with Gasteiger partial charge in [0.05, 0.1) is 5.71 Å². The van der Waals surface area contributed by atoms with Crippen molar-refractivity contribution in [2.75, 3.05) is 18.5 Å². The van der Waals surface area contributed by atoms with Crippen LogP contribution in [0.2, 0.25) is 0 Å². The average Bonchev–Trinajstić information content (AvgIpc) is 3.16. The number of alkyl halides is 1. The SMILES string of the molecule is FCCNC1Nc2ncccc2C(c2ccccc2)=NC1c1cccs1. The first-order chi connectivity index (χ1) is 12.9. The van der Waals surface area contributed by atoms with Gasteiger partial charge in [0, 0.05) is 28.7 Å². The van der Waals surface area contributed by atoms with Crippen LogP contribution >= 0.6 is 11.3 Å². The number of aliphatic imine (C=N–C) groups is 1. The Morgan fingerprint density at radius 1 is 1.08 bits per heavy atom. The number of aromatic nitrogens is 1. The number of rotatable bonds is 5. The highest BCUT2D eigenvalue weighted by Gasteiger charge is 2.29. The molecule has 0 aliphatic carbocycles. The highest BCUT2D eigenvalue weighted by molar-refractivity contribution is 7.10. The van der Waals surface area contributed by atoms with Crippen LogP contribution in [0.4, 0.5) is 10.2 Å². The van der Waals surface area contributed by atoms with E-state index in [-0.39, 0.29) is 18.8 Å². The van der Waals surface area contributed by atoms with Crippen molar-refractivity contribution in [3.63, 3.8) is 0 Å². The number of hydrogen-bond donors (Lipinski definition) is 2. The Morgan fingerprint density at radius 3 is 2.73 bits per heavy atom. The van der Waals surface area contributed by atoms with Crippen LogP contribution in [-0.4, -0.2) is 30.1 Å². The van der Waals surface area contributed by atoms with Gasteiger partial charge in [-0.25, -0.2) is 9.37 Å². The molecule has 1 aromatic carbocycles. The number of halogens is 1. The van der Waals surface area contributed by atoms with Gasteiger partial charge in [-0.1, -0.05) is 36.4 Å². The third-order valence-corrected chi connectivity index (χ3v) is 5.22. The number of fused-ring (bicyclic) bond motifs is 1. The Bertz CT molecular complexity index is 880. The molecular weight excluding hydrogens is 347 g/mol. The van der Waals surface area contributed by atoms with E-state index in [0.29, 0.717) is 0 Å². The molecule has 6 heteroatoms. The minimum Gasteiger partial charge on any atom is -0.352 e. The predicted octanol–water partition coefficient (Wildman–Crippen LogP) is 4.03. The van der Waals surface area contributed by atoms with Crippen LogP contribution in [0.15, 0.2) is 71.2 Å².